The van der Waals surface area contributed by atoms with Crippen LogP contribution in [-0.2, 0) is 16.1 Å². The first-order valence-corrected chi connectivity index (χ1v) is 10.2. The number of nitro benzene ring substituents is 1. The lowest BCUT2D eigenvalue weighted by Crippen LogP contribution is -2.30. The molecule has 3 rings (SSSR count). The highest BCUT2D eigenvalue weighted by Gasteiger charge is 2.23. The van der Waals surface area contributed by atoms with Crippen molar-refractivity contribution in [2.24, 2.45) is 0 Å². The molecule has 0 bridgehead atoms. The molecule has 0 spiro atoms. The van der Waals surface area contributed by atoms with E-state index in [9.17, 15) is 19.7 Å². The number of hydrogen-bond donors (Lipinski definition) is 1. The van der Waals surface area contributed by atoms with Crippen molar-refractivity contribution in [3.05, 3.63) is 75.2 Å². The van der Waals surface area contributed by atoms with Crippen LogP contribution in [0.15, 0.2) is 47.0 Å². The van der Waals surface area contributed by atoms with Crippen LogP contribution in [0.4, 0.5) is 11.4 Å². The van der Waals surface area contributed by atoms with Gasteiger partial charge in [0, 0.05) is 6.07 Å². The SMILES string of the molecule is COc1cc(C(=O)OC(C)C(=O)Nc2ccccc2[N+](=O)[O-])ccc1OCc1c(C)noc1C. The number of nitrogens with one attached hydrogen (secondary N) is 1. The first kappa shape index (κ1) is 24.2. The molecule has 1 amide bonds. The number of hydrogen-bond acceptors (Lipinski definition) is 9. The van der Waals surface area contributed by atoms with Gasteiger partial charge in [-0.05, 0) is 45.0 Å². The second-order valence-electron chi connectivity index (χ2n) is 7.27. The first-order valence-electron chi connectivity index (χ1n) is 10.2. The van der Waals surface area contributed by atoms with Crippen molar-refractivity contribution in [3.63, 3.8) is 0 Å². The van der Waals surface area contributed by atoms with E-state index in [1.807, 2.05) is 0 Å². The Balaban J connectivity index is 1.66. The average molecular weight is 469 g/mol. The highest BCUT2D eigenvalue weighted by molar-refractivity contribution is 5.98. The maximum Gasteiger partial charge on any atom is 0.339 e. The maximum absolute atomic E-state index is 12.6. The summed E-state index contributed by atoms with van der Waals surface area (Å²) in [6.07, 6.45) is -1.21. The zero-order chi connectivity index (χ0) is 24.8. The van der Waals surface area contributed by atoms with Gasteiger partial charge in [0.25, 0.3) is 11.6 Å². The van der Waals surface area contributed by atoms with Crippen LogP contribution in [0.3, 0.4) is 0 Å². The predicted octanol–water partition coefficient (Wildman–Crippen LogP) is 3.97. The van der Waals surface area contributed by atoms with E-state index in [0.717, 1.165) is 5.56 Å². The molecule has 0 saturated carbocycles. The van der Waals surface area contributed by atoms with Crippen LogP contribution in [-0.4, -0.2) is 35.2 Å². The fourth-order valence-corrected chi connectivity index (χ4v) is 3.03. The molecule has 11 nitrogen and oxygen atoms in total. The van der Waals surface area contributed by atoms with E-state index in [-0.39, 0.29) is 23.5 Å². The van der Waals surface area contributed by atoms with E-state index in [4.69, 9.17) is 18.7 Å². The largest absolute Gasteiger partial charge is 0.493 e. The molecule has 2 aromatic carbocycles. The minimum absolute atomic E-state index is 0.00173. The summed E-state index contributed by atoms with van der Waals surface area (Å²) in [6, 6.07) is 10.1. The minimum atomic E-state index is -1.21. The quantitative estimate of drug-likeness (QED) is 0.280. The van der Waals surface area contributed by atoms with Gasteiger partial charge >= 0.3 is 5.97 Å². The summed E-state index contributed by atoms with van der Waals surface area (Å²) in [5, 5.41) is 17.4. The number of aromatic nitrogens is 1. The Hall–Kier alpha value is -4.41. The number of aryl methyl sites for hydroxylation is 2. The molecule has 0 aliphatic heterocycles. The first-order chi connectivity index (χ1) is 16.2. The number of amides is 1. The average Bonchev–Trinajstić information content (AvgIpc) is 3.14. The van der Waals surface area contributed by atoms with Crippen LogP contribution in [0.5, 0.6) is 11.5 Å². The van der Waals surface area contributed by atoms with Crippen LogP contribution in [0.2, 0.25) is 0 Å². The zero-order valence-corrected chi connectivity index (χ0v) is 19.0. The fraction of sp³-hybridized carbons (Fsp3) is 0.261. The molecule has 1 aromatic heterocycles. The van der Waals surface area contributed by atoms with E-state index < -0.39 is 22.9 Å². The Labute approximate surface area is 194 Å². The van der Waals surface area contributed by atoms with E-state index in [0.29, 0.717) is 23.0 Å². The normalized spacial score (nSPS) is 11.4. The smallest absolute Gasteiger partial charge is 0.339 e. The van der Waals surface area contributed by atoms with Gasteiger partial charge in [-0.15, -0.1) is 0 Å². The molecule has 1 N–H and O–H groups in total. The van der Waals surface area contributed by atoms with Gasteiger partial charge in [0.2, 0.25) is 0 Å². The van der Waals surface area contributed by atoms with Crippen LogP contribution in [0.25, 0.3) is 0 Å². The number of rotatable bonds is 9. The van der Waals surface area contributed by atoms with E-state index in [1.165, 1.54) is 44.4 Å². The second-order valence-corrected chi connectivity index (χ2v) is 7.27. The van der Waals surface area contributed by atoms with Gasteiger partial charge in [0.15, 0.2) is 17.6 Å². The molecule has 0 aliphatic carbocycles. The molecule has 11 heteroatoms. The molecule has 1 unspecified atom stereocenters. The number of methoxy groups -OCH3 is 1. The van der Waals surface area contributed by atoms with Crippen molar-refractivity contribution in [3.8, 4) is 11.5 Å². The maximum atomic E-state index is 12.6. The Morgan fingerprint density at radius 2 is 1.91 bits per heavy atom. The van der Waals surface area contributed by atoms with Gasteiger partial charge < -0.3 is 24.1 Å². The third-order valence-electron chi connectivity index (χ3n) is 4.96. The van der Waals surface area contributed by atoms with Gasteiger partial charge in [-0.1, -0.05) is 17.3 Å². The van der Waals surface area contributed by atoms with Crippen LogP contribution < -0.4 is 14.8 Å². The summed E-state index contributed by atoms with van der Waals surface area (Å²) >= 11 is 0. The summed E-state index contributed by atoms with van der Waals surface area (Å²) in [5.41, 5.74) is 1.38. The number of para-hydroxylation sites is 2. The second kappa shape index (κ2) is 10.5. The zero-order valence-electron chi connectivity index (χ0n) is 19.0. The summed E-state index contributed by atoms with van der Waals surface area (Å²) in [4.78, 5) is 35.5. The van der Waals surface area contributed by atoms with Gasteiger partial charge in [0.05, 0.1) is 28.9 Å². The van der Waals surface area contributed by atoms with Crippen molar-refractivity contribution in [1.29, 1.82) is 0 Å². The molecule has 1 heterocycles. The van der Waals surface area contributed by atoms with Crippen LogP contribution >= 0.6 is 0 Å². The highest BCUT2D eigenvalue weighted by Crippen LogP contribution is 2.30. The predicted molar refractivity (Wildman–Crippen MR) is 120 cm³/mol. The third kappa shape index (κ3) is 5.49. The summed E-state index contributed by atoms with van der Waals surface area (Å²) in [6.45, 7) is 5.14. The number of benzene rings is 2. The number of nitro groups is 1. The van der Waals surface area contributed by atoms with Gasteiger partial charge in [-0.3, -0.25) is 14.9 Å². The van der Waals surface area contributed by atoms with Gasteiger partial charge in [-0.2, -0.15) is 0 Å². The minimum Gasteiger partial charge on any atom is -0.493 e. The Bertz CT molecular complexity index is 1200. The summed E-state index contributed by atoms with van der Waals surface area (Å²) in [7, 11) is 1.43. The number of nitrogens with zero attached hydrogens (tertiary/aromatic N) is 2. The molecule has 34 heavy (non-hydrogen) atoms. The molecule has 0 fully saturated rings. The van der Waals surface area contributed by atoms with Gasteiger partial charge in [-0.25, -0.2) is 4.79 Å². The molecule has 0 radical (unpaired) electrons. The molecular formula is C23H23N3O8. The van der Waals surface area contributed by atoms with E-state index in [1.54, 1.807) is 26.0 Å². The monoisotopic (exact) mass is 469 g/mol. The van der Waals surface area contributed by atoms with Crippen molar-refractivity contribution >= 4 is 23.3 Å². The molecule has 178 valence electrons. The summed E-state index contributed by atoms with van der Waals surface area (Å²) < 4.78 is 21.4. The lowest BCUT2D eigenvalue weighted by molar-refractivity contribution is -0.383. The van der Waals surface area contributed by atoms with Crippen LogP contribution in [0, 0.1) is 24.0 Å². The number of carbonyl (C=O) groups is 2. The standard InChI is InChI=1S/C23H23N3O8/c1-13-17(14(2)34-25-13)12-32-20-10-9-16(11-21(20)31-4)23(28)33-15(3)22(27)24-18-7-5-6-8-19(18)26(29)30/h5-11,15H,12H2,1-4H3,(H,24,27). The molecule has 1 atom stereocenters. The number of esters is 1. The molecule has 0 aliphatic rings. The topological polar surface area (TPSA) is 143 Å². The molecule has 0 saturated heterocycles. The van der Waals surface area contributed by atoms with Crippen molar-refractivity contribution < 1.29 is 33.2 Å². The number of ether oxygens (including phenoxy) is 3. The molecule has 3 aromatic rings. The Morgan fingerprint density at radius 3 is 2.56 bits per heavy atom. The van der Waals surface area contributed by atoms with Crippen molar-refractivity contribution in [2.75, 3.05) is 12.4 Å². The lowest BCUT2D eigenvalue weighted by Gasteiger charge is -2.15. The van der Waals surface area contributed by atoms with E-state index >= 15 is 0 Å². The van der Waals surface area contributed by atoms with E-state index in [2.05, 4.69) is 10.5 Å². The van der Waals surface area contributed by atoms with Gasteiger partial charge in [0.1, 0.15) is 18.1 Å². The molecular weight excluding hydrogens is 446 g/mol. The fourth-order valence-electron chi connectivity index (χ4n) is 3.03. The number of carbonyl (C=O) groups excluding carboxylic acids is 2. The third-order valence-corrected chi connectivity index (χ3v) is 4.96. The Kier molecular flexibility index (Phi) is 7.46. The highest BCUT2D eigenvalue weighted by atomic mass is 16.6. The van der Waals surface area contributed by atoms with Crippen molar-refractivity contribution in [1.82, 2.24) is 5.16 Å². The lowest BCUT2D eigenvalue weighted by atomic mass is 10.2. The number of anilines is 1. The van der Waals surface area contributed by atoms with Crippen LogP contribution in [0.1, 0.15) is 34.3 Å². The van der Waals surface area contributed by atoms with Crippen molar-refractivity contribution in [2.45, 2.75) is 33.5 Å². The Morgan fingerprint density at radius 1 is 1.18 bits per heavy atom. The summed E-state index contributed by atoms with van der Waals surface area (Å²) in [5.74, 6) is -0.168.